The van der Waals surface area contributed by atoms with Crippen LogP contribution in [0.4, 0.5) is 4.39 Å². The van der Waals surface area contributed by atoms with E-state index < -0.39 is 0 Å². The molecule has 1 aliphatic rings. The lowest BCUT2D eigenvalue weighted by Gasteiger charge is -2.20. The number of carbonyl (C=O) groups excluding carboxylic acids is 1. The molecule has 0 saturated carbocycles. The molecule has 1 fully saturated rings. The third-order valence-electron chi connectivity index (χ3n) is 4.92. The molecule has 4 rings (SSSR count). The van der Waals surface area contributed by atoms with Crippen LogP contribution in [0.15, 0.2) is 39.5 Å². The molecule has 3 aromatic rings. The summed E-state index contributed by atoms with van der Waals surface area (Å²) in [5.74, 6) is 0.476. The van der Waals surface area contributed by atoms with E-state index in [1.54, 1.807) is 12.1 Å². The molecule has 3 heterocycles. The molecular weight excluding hydrogens is 375 g/mol. The maximum Gasteiger partial charge on any atom is 0.273 e. The first-order chi connectivity index (χ1) is 14.0. The van der Waals surface area contributed by atoms with E-state index in [1.165, 1.54) is 18.4 Å². The van der Waals surface area contributed by atoms with Crippen LogP contribution in [0.2, 0.25) is 0 Å². The van der Waals surface area contributed by atoms with Crippen LogP contribution in [-0.2, 0) is 0 Å². The number of carbonyl (C=O) groups is 1. The average Bonchev–Trinajstić information content (AvgIpc) is 3.36. The van der Waals surface area contributed by atoms with Gasteiger partial charge in [0.05, 0.1) is 0 Å². The van der Waals surface area contributed by atoms with Gasteiger partial charge in [0.1, 0.15) is 23.3 Å². The molecule has 0 atom stereocenters. The van der Waals surface area contributed by atoms with Crippen molar-refractivity contribution in [1.82, 2.24) is 20.8 Å². The number of aromatic nitrogens is 2. The first kappa shape index (κ1) is 19.3. The van der Waals surface area contributed by atoms with Gasteiger partial charge in [-0.3, -0.25) is 4.79 Å². The Kier molecular flexibility index (Phi) is 5.44. The van der Waals surface area contributed by atoms with E-state index >= 15 is 0 Å². The maximum atomic E-state index is 13.4. The number of oxazole rings is 1. The van der Waals surface area contributed by atoms with Crippen LogP contribution in [0.5, 0.6) is 0 Å². The summed E-state index contributed by atoms with van der Waals surface area (Å²) in [6.45, 7) is 5.51. The van der Waals surface area contributed by atoms with Crippen LogP contribution in [0.1, 0.15) is 48.9 Å². The zero-order valence-electron chi connectivity index (χ0n) is 16.4. The fourth-order valence-corrected chi connectivity index (χ4v) is 3.51. The largest absolute Gasteiger partial charge is 0.443 e. The van der Waals surface area contributed by atoms with Gasteiger partial charge < -0.3 is 19.6 Å². The summed E-state index contributed by atoms with van der Waals surface area (Å²) in [7, 11) is 0. The standard InChI is InChI=1S/C21H23FN4O3/c1-12(2)24-20(27)16-11-28-21(25-16)17-18(13-3-5-15(22)6-4-13)26-29-19(17)14-7-9-23-10-8-14/h3-6,11-12,14,23H,7-10H2,1-2H3,(H,24,27). The molecule has 1 aromatic carbocycles. The third kappa shape index (κ3) is 4.07. The van der Waals surface area contributed by atoms with E-state index in [9.17, 15) is 9.18 Å². The van der Waals surface area contributed by atoms with Crippen LogP contribution < -0.4 is 10.6 Å². The summed E-state index contributed by atoms with van der Waals surface area (Å²) in [6.07, 6.45) is 3.12. The SMILES string of the molecule is CC(C)NC(=O)c1coc(-c2c(-c3ccc(F)cc3)noc2C2CCNCC2)n1. The van der Waals surface area contributed by atoms with Crippen molar-refractivity contribution in [3.63, 3.8) is 0 Å². The molecule has 2 N–H and O–H groups in total. The number of hydrogen-bond acceptors (Lipinski definition) is 6. The van der Waals surface area contributed by atoms with E-state index in [2.05, 4.69) is 20.8 Å². The number of nitrogens with zero attached hydrogens (tertiary/aromatic N) is 2. The van der Waals surface area contributed by atoms with Gasteiger partial charge >= 0.3 is 0 Å². The van der Waals surface area contributed by atoms with Crippen molar-refractivity contribution in [2.24, 2.45) is 0 Å². The van der Waals surface area contributed by atoms with Crippen molar-refractivity contribution >= 4 is 5.91 Å². The Morgan fingerprint density at radius 1 is 1.24 bits per heavy atom. The van der Waals surface area contributed by atoms with Crippen LogP contribution in [0.3, 0.4) is 0 Å². The summed E-state index contributed by atoms with van der Waals surface area (Å²) < 4.78 is 24.8. The van der Waals surface area contributed by atoms with Gasteiger partial charge in [-0.15, -0.1) is 0 Å². The summed E-state index contributed by atoms with van der Waals surface area (Å²) >= 11 is 0. The zero-order valence-corrected chi connectivity index (χ0v) is 16.4. The van der Waals surface area contributed by atoms with Gasteiger partial charge in [-0.2, -0.15) is 0 Å². The molecule has 0 radical (unpaired) electrons. The number of piperidine rings is 1. The Morgan fingerprint density at radius 3 is 2.66 bits per heavy atom. The van der Waals surface area contributed by atoms with Crippen molar-refractivity contribution in [3.8, 4) is 22.7 Å². The van der Waals surface area contributed by atoms with Crippen molar-refractivity contribution in [1.29, 1.82) is 0 Å². The first-order valence-electron chi connectivity index (χ1n) is 9.76. The number of benzene rings is 1. The van der Waals surface area contributed by atoms with Crippen LogP contribution in [0.25, 0.3) is 22.7 Å². The minimum absolute atomic E-state index is 0.0154. The molecule has 152 valence electrons. The monoisotopic (exact) mass is 398 g/mol. The predicted molar refractivity (Wildman–Crippen MR) is 105 cm³/mol. The summed E-state index contributed by atoms with van der Waals surface area (Å²) in [5, 5.41) is 10.4. The second kappa shape index (κ2) is 8.16. The van der Waals surface area contributed by atoms with Crippen LogP contribution in [-0.4, -0.2) is 35.2 Å². The molecule has 1 amide bonds. The Morgan fingerprint density at radius 2 is 1.97 bits per heavy atom. The second-order valence-corrected chi connectivity index (χ2v) is 7.47. The average molecular weight is 398 g/mol. The summed E-state index contributed by atoms with van der Waals surface area (Å²) in [6, 6.07) is 6.00. The molecule has 0 bridgehead atoms. The fourth-order valence-electron chi connectivity index (χ4n) is 3.51. The number of amides is 1. The lowest BCUT2D eigenvalue weighted by Crippen LogP contribution is -2.30. The molecule has 0 aliphatic carbocycles. The van der Waals surface area contributed by atoms with E-state index in [4.69, 9.17) is 8.94 Å². The molecule has 2 aromatic heterocycles. The molecule has 8 heteroatoms. The van der Waals surface area contributed by atoms with Gasteiger partial charge in [0, 0.05) is 17.5 Å². The van der Waals surface area contributed by atoms with E-state index in [0.29, 0.717) is 22.6 Å². The quantitative estimate of drug-likeness (QED) is 0.680. The highest BCUT2D eigenvalue weighted by Gasteiger charge is 2.30. The lowest BCUT2D eigenvalue weighted by atomic mass is 9.91. The third-order valence-corrected chi connectivity index (χ3v) is 4.92. The highest BCUT2D eigenvalue weighted by molar-refractivity contribution is 5.93. The van der Waals surface area contributed by atoms with E-state index in [-0.39, 0.29) is 35.3 Å². The smallest absolute Gasteiger partial charge is 0.273 e. The number of nitrogens with one attached hydrogen (secondary N) is 2. The Labute approximate surface area is 167 Å². The second-order valence-electron chi connectivity index (χ2n) is 7.47. The van der Waals surface area contributed by atoms with Crippen molar-refractivity contribution in [2.75, 3.05) is 13.1 Å². The number of hydrogen-bond donors (Lipinski definition) is 2. The van der Waals surface area contributed by atoms with Crippen LogP contribution in [0, 0.1) is 5.82 Å². The molecular formula is C21H23FN4O3. The maximum absolute atomic E-state index is 13.4. The Hall–Kier alpha value is -3.00. The lowest BCUT2D eigenvalue weighted by molar-refractivity contribution is 0.0938. The minimum atomic E-state index is -0.332. The van der Waals surface area contributed by atoms with Crippen molar-refractivity contribution in [2.45, 2.75) is 38.6 Å². The van der Waals surface area contributed by atoms with Gasteiger partial charge in [-0.25, -0.2) is 9.37 Å². The molecule has 29 heavy (non-hydrogen) atoms. The molecule has 7 nitrogen and oxygen atoms in total. The Balaban J connectivity index is 1.77. The summed E-state index contributed by atoms with van der Waals surface area (Å²) in [5.41, 5.74) is 2.02. The van der Waals surface area contributed by atoms with Crippen LogP contribution >= 0.6 is 0 Å². The normalized spacial score (nSPS) is 15.0. The highest BCUT2D eigenvalue weighted by atomic mass is 19.1. The van der Waals surface area contributed by atoms with Gasteiger partial charge in [0.15, 0.2) is 11.5 Å². The minimum Gasteiger partial charge on any atom is -0.443 e. The number of halogens is 1. The van der Waals surface area contributed by atoms with Gasteiger partial charge in [-0.1, -0.05) is 5.16 Å². The topological polar surface area (TPSA) is 93.2 Å². The van der Waals surface area contributed by atoms with Crippen molar-refractivity contribution in [3.05, 3.63) is 47.8 Å². The Bertz CT molecular complexity index is 988. The number of rotatable bonds is 5. The molecule has 0 unspecified atom stereocenters. The van der Waals surface area contributed by atoms with Gasteiger partial charge in [0.2, 0.25) is 5.89 Å². The molecule has 1 aliphatic heterocycles. The summed E-state index contributed by atoms with van der Waals surface area (Å²) in [4.78, 5) is 16.7. The zero-order chi connectivity index (χ0) is 20.4. The van der Waals surface area contributed by atoms with Crippen molar-refractivity contribution < 1.29 is 18.1 Å². The van der Waals surface area contributed by atoms with E-state index in [0.717, 1.165) is 25.9 Å². The fraction of sp³-hybridized carbons (Fsp3) is 0.381. The predicted octanol–water partition coefficient (Wildman–Crippen LogP) is 3.74. The highest BCUT2D eigenvalue weighted by Crippen LogP contribution is 2.40. The first-order valence-corrected chi connectivity index (χ1v) is 9.76. The molecule has 1 saturated heterocycles. The van der Waals surface area contributed by atoms with Gasteiger partial charge in [-0.05, 0) is 64.0 Å². The van der Waals surface area contributed by atoms with E-state index in [1.807, 2.05) is 13.8 Å². The van der Waals surface area contributed by atoms with Gasteiger partial charge in [0.25, 0.3) is 5.91 Å². The molecule has 0 spiro atoms.